The van der Waals surface area contributed by atoms with Crippen LogP contribution in [0.1, 0.15) is 46.1 Å². The Morgan fingerprint density at radius 1 is 0.844 bits per heavy atom. The molecule has 1 aromatic carbocycles. The summed E-state index contributed by atoms with van der Waals surface area (Å²) in [5.74, 6) is 0.257. The third-order valence-corrected chi connectivity index (χ3v) is 7.06. The molecule has 2 fully saturated rings. The molecule has 0 N–H and O–H groups in total. The summed E-state index contributed by atoms with van der Waals surface area (Å²) in [6, 6.07) is 9.95. The second-order valence-corrected chi connectivity index (χ2v) is 9.32. The number of carbonyl (C=O) groups excluding carboxylic acids is 3. The molecule has 32 heavy (non-hydrogen) atoms. The van der Waals surface area contributed by atoms with E-state index in [1.54, 1.807) is 0 Å². The molecule has 2 saturated heterocycles. The fourth-order valence-electron chi connectivity index (χ4n) is 4.77. The molecule has 0 atom stereocenters. The third kappa shape index (κ3) is 5.08. The van der Waals surface area contributed by atoms with Crippen molar-refractivity contribution in [3.05, 3.63) is 35.9 Å². The van der Waals surface area contributed by atoms with Crippen molar-refractivity contribution >= 4 is 17.8 Å². The minimum absolute atomic E-state index is 0.0289. The highest BCUT2D eigenvalue weighted by Gasteiger charge is 2.37. The van der Waals surface area contributed by atoms with Crippen LogP contribution in [0, 0.1) is 5.92 Å². The summed E-state index contributed by atoms with van der Waals surface area (Å²) in [5, 5.41) is 0. The zero-order valence-electron chi connectivity index (χ0n) is 20.0. The van der Waals surface area contributed by atoms with Crippen molar-refractivity contribution in [1.29, 1.82) is 0 Å². The van der Waals surface area contributed by atoms with Gasteiger partial charge in [-0.2, -0.15) is 0 Å². The number of hydrogen-bond acceptors (Lipinski definition) is 3. The van der Waals surface area contributed by atoms with Gasteiger partial charge in [0.15, 0.2) is 0 Å². The Morgan fingerprint density at radius 2 is 1.38 bits per heavy atom. The van der Waals surface area contributed by atoms with Crippen molar-refractivity contribution < 1.29 is 14.4 Å². The first-order chi connectivity index (χ1) is 15.3. The highest BCUT2D eigenvalue weighted by molar-refractivity contribution is 5.88. The number of likely N-dealkylation sites (tertiary alicyclic amines) is 1. The molecule has 0 radical (unpaired) electrons. The Kier molecular flexibility index (Phi) is 7.80. The summed E-state index contributed by atoms with van der Waals surface area (Å²) in [6.07, 6.45) is 1.43. The topological polar surface area (TPSA) is 64.2 Å². The lowest BCUT2D eigenvalue weighted by atomic mass is 9.83. The van der Waals surface area contributed by atoms with Gasteiger partial charge in [0.2, 0.25) is 11.8 Å². The van der Waals surface area contributed by atoms with E-state index in [4.69, 9.17) is 0 Å². The van der Waals surface area contributed by atoms with Crippen LogP contribution in [-0.2, 0) is 15.0 Å². The molecule has 7 heteroatoms. The number of piperazine rings is 1. The minimum Gasteiger partial charge on any atom is -0.339 e. The molecule has 7 nitrogen and oxygen atoms in total. The SMILES string of the molecule is CCN(CC)C(=O)N1CCC(C(=O)N2CCN(C(=O)C(C)(C)c3ccccc3)CC2)CC1. The van der Waals surface area contributed by atoms with Gasteiger partial charge in [-0.15, -0.1) is 0 Å². The quantitative estimate of drug-likeness (QED) is 0.704. The number of urea groups is 1. The predicted molar refractivity (Wildman–Crippen MR) is 125 cm³/mol. The van der Waals surface area contributed by atoms with Gasteiger partial charge in [0.1, 0.15) is 0 Å². The maximum atomic E-state index is 13.2. The van der Waals surface area contributed by atoms with Gasteiger partial charge in [0.05, 0.1) is 5.41 Å². The van der Waals surface area contributed by atoms with Gasteiger partial charge in [-0.25, -0.2) is 4.79 Å². The second kappa shape index (κ2) is 10.4. The number of nitrogens with zero attached hydrogens (tertiary/aromatic N) is 4. The van der Waals surface area contributed by atoms with Gasteiger partial charge in [0, 0.05) is 58.3 Å². The summed E-state index contributed by atoms with van der Waals surface area (Å²) in [4.78, 5) is 46.3. The van der Waals surface area contributed by atoms with Crippen LogP contribution in [0.5, 0.6) is 0 Å². The summed E-state index contributed by atoms with van der Waals surface area (Å²) in [5.41, 5.74) is 0.423. The van der Waals surface area contributed by atoms with E-state index in [-0.39, 0.29) is 23.8 Å². The lowest BCUT2D eigenvalue weighted by molar-refractivity contribution is -0.145. The van der Waals surface area contributed by atoms with Crippen molar-refractivity contribution in [2.24, 2.45) is 5.92 Å². The number of benzene rings is 1. The molecule has 0 aromatic heterocycles. The molecule has 0 spiro atoms. The fourth-order valence-corrected chi connectivity index (χ4v) is 4.77. The molecule has 0 bridgehead atoms. The predicted octanol–water partition coefficient (Wildman–Crippen LogP) is 2.81. The summed E-state index contributed by atoms with van der Waals surface area (Å²) in [6.45, 7) is 12.9. The van der Waals surface area contributed by atoms with Gasteiger partial charge < -0.3 is 19.6 Å². The Bertz CT molecular complexity index is 791. The second-order valence-electron chi connectivity index (χ2n) is 9.32. The lowest BCUT2D eigenvalue weighted by Crippen LogP contribution is -2.56. The Balaban J connectivity index is 1.50. The Hall–Kier alpha value is -2.57. The smallest absolute Gasteiger partial charge is 0.319 e. The number of rotatable bonds is 5. The molecule has 176 valence electrons. The average Bonchev–Trinajstić information content (AvgIpc) is 2.84. The molecular weight excluding hydrogens is 404 g/mol. The summed E-state index contributed by atoms with van der Waals surface area (Å²) in [7, 11) is 0. The van der Waals surface area contributed by atoms with E-state index in [1.165, 1.54) is 0 Å². The van der Waals surface area contributed by atoms with E-state index < -0.39 is 5.41 Å². The molecule has 2 heterocycles. The molecule has 2 aliphatic rings. The molecule has 2 aliphatic heterocycles. The van der Waals surface area contributed by atoms with E-state index >= 15 is 0 Å². The van der Waals surface area contributed by atoms with Crippen molar-refractivity contribution in [2.75, 3.05) is 52.4 Å². The molecule has 4 amide bonds. The van der Waals surface area contributed by atoms with Crippen molar-refractivity contribution in [1.82, 2.24) is 19.6 Å². The monoisotopic (exact) mass is 442 g/mol. The molecule has 0 saturated carbocycles. The zero-order chi connectivity index (χ0) is 23.3. The summed E-state index contributed by atoms with van der Waals surface area (Å²) < 4.78 is 0. The van der Waals surface area contributed by atoms with Crippen LogP contribution in [0.15, 0.2) is 30.3 Å². The van der Waals surface area contributed by atoms with Gasteiger partial charge in [0.25, 0.3) is 0 Å². The van der Waals surface area contributed by atoms with E-state index in [2.05, 4.69) is 0 Å². The lowest BCUT2D eigenvalue weighted by Gasteiger charge is -2.41. The van der Waals surface area contributed by atoms with E-state index in [1.807, 2.05) is 77.6 Å². The first kappa shape index (κ1) is 24.1. The summed E-state index contributed by atoms with van der Waals surface area (Å²) >= 11 is 0. The van der Waals surface area contributed by atoms with Crippen LogP contribution in [0.25, 0.3) is 0 Å². The van der Waals surface area contributed by atoms with Crippen LogP contribution in [-0.4, -0.2) is 89.8 Å². The fraction of sp³-hybridized carbons (Fsp3) is 0.640. The highest BCUT2D eigenvalue weighted by Crippen LogP contribution is 2.27. The van der Waals surface area contributed by atoms with Gasteiger partial charge in [-0.05, 0) is 46.1 Å². The van der Waals surface area contributed by atoms with Crippen LogP contribution in [0.3, 0.4) is 0 Å². The highest BCUT2D eigenvalue weighted by atomic mass is 16.2. The van der Waals surface area contributed by atoms with E-state index in [0.717, 1.165) is 5.56 Å². The van der Waals surface area contributed by atoms with Crippen LogP contribution in [0.2, 0.25) is 0 Å². The van der Waals surface area contributed by atoms with Gasteiger partial charge in [-0.1, -0.05) is 30.3 Å². The normalized spacial score (nSPS) is 17.9. The third-order valence-electron chi connectivity index (χ3n) is 7.06. The standard InChI is InChI=1S/C25H38N4O3/c1-5-26(6-2)24(32)29-14-12-20(13-15-29)22(30)27-16-18-28(19-17-27)23(31)25(3,4)21-10-8-7-9-11-21/h7-11,20H,5-6,12-19H2,1-4H3. The molecule has 0 aliphatic carbocycles. The molecule has 0 unspecified atom stereocenters. The number of hydrogen-bond donors (Lipinski definition) is 0. The maximum Gasteiger partial charge on any atom is 0.319 e. The number of amides is 4. The molecule has 3 rings (SSSR count). The van der Waals surface area contributed by atoms with Gasteiger partial charge >= 0.3 is 6.03 Å². The zero-order valence-corrected chi connectivity index (χ0v) is 20.0. The first-order valence-electron chi connectivity index (χ1n) is 12.0. The van der Waals surface area contributed by atoms with Gasteiger partial charge in [-0.3, -0.25) is 9.59 Å². The van der Waals surface area contributed by atoms with Crippen LogP contribution >= 0.6 is 0 Å². The minimum atomic E-state index is -0.586. The van der Waals surface area contributed by atoms with E-state index in [9.17, 15) is 14.4 Å². The number of piperidine rings is 1. The van der Waals surface area contributed by atoms with Crippen molar-refractivity contribution in [3.63, 3.8) is 0 Å². The Labute approximate surface area is 192 Å². The van der Waals surface area contributed by atoms with Crippen molar-refractivity contribution in [2.45, 2.75) is 46.0 Å². The Morgan fingerprint density at radius 3 is 1.91 bits per heavy atom. The maximum absolute atomic E-state index is 13.2. The first-order valence-corrected chi connectivity index (χ1v) is 12.0. The average molecular weight is 443 g/mol. The molecular formula is C25H38N4O3. The van der Waals surface area contributed by atoms with E-state index in [0.29, 0.717) is 65.2 Å². The molecule has 1 aromatic rings. The van der Waals surface area contributed by atoms with Crippen LogP contribution in [0.4, 0.5) is 4.79 Å². The number of carbonyl (C=O) groups is 3. The largest absolute Gasteiger partial charge is 0.339 e. The van der Waals surface area contributed by atoms with Crippen molar-refractivity contribution in [3.8, 4) is 0 Å². The van der Waals surface area contributed by atoms with Crippen LogP contribution < -0.4 is 0 Å².